The lowest BCUT2D eigenvalue weighted by Gasteiger charge is -2.47. The summed E-state index contributed by atoms with van der Waals surface area (Å²) >= 11 is 0. The Morgan fingerprint density at radius 3 is 2.51 bits per heavy atom. The highest BCUT2D eigenvalue weighted by Crippen LogP contribution is 2.54. The summed E-state index contributed by atoms with van der Waals surface area (Å²) in [6, 6.07) is 15.9. The molecule has 3 aliphatic heterocycles. The summed E-state index contributed by atoms with van der Waals surface area (Å²) in [5.74, 6) is -0.264. The Hall–Kier alpha value is -3.43. The van der Waals surface area contributed by atoms with E-state index in [4.69, 9.17) is 15.2 Å². The molecule has 0 aliphatic carbocycles. The van der Waals surface area contributed by atoms with Gasteiger partial charge in [-0.05, 0) is 19.1 Å². The molecule has 2 bridgehead atoms. The van der Waals surface area contributed by atoms with Gasteiger partial charge < -0.3 is 34.8 Å². The zero-order valence-corrected chi connectivity index (χ0v) is 19.3. The Morgan fingerprint density at radius 2 is 1.77 bits per heavy atom. The van der Waals surface area contributed by atoms with Crippen molar-refractivity contribution in [2.24, 2.45) is 5.73 Å². The molecule has 3 aliphatic rings. The van der Waals surface area contributed by atoms with Crippen molar-refractivity contribution in [3.8, 4) is 0 Å². The SMILES string of the molecule is CO[C@@H]1[C@H](N)C[C@H]2O[C@]1(C)n1c3ccccc3c3c4c(c5c6ccccc6n2c5c31)C(=O)N[C@@H]4O. The van der Waals surface area contributed by atoms with Crippen molar-refractivity contribution >= 4 is 49.5 Å². The Morgan fingerprint density at radius 1 is 1.09 bits per heavy atom. The van der Waals surface area contributed by atoms with Crippen molar-refractivity contribution in [3.05, 3.63) is 59.7 Å². The number of aromatic nitrogens is 2. The highest BCUT2D eigenvalue weighted by molar-refractivity contribution is 6.31. The number of benzene rings is 3. The van der Waals surface area contributed by atoms with Gasteiger partial charge in [-0.3, -0.25) is 4.79 Å². The van der Waals surface area contributed by atoms with E-state index >= 15 is 0 Å². The minimum absolute atomic E-state index is 0.264. The quantitative estimate of drug-likeness (QED) is 0.349. The standard InChI is InChI=1S/C27H24N4O4/c1-27-24(34-2)14(28)11-17(35-27)30-15-9-5-3-7-12(15)18-20-21(26(33)29-25(20)32)19-13-8-4-6-10-16(13)31(27)23(19)22(18)30/h3-10,14,17,24,26,33H,11,28H2,1-2H3,(H,29,32)/t14-,17-,24-,26-,27+/m1/s1. The van der Waals surface area contributed by atoms with Gasteiger partial charge in [0.05, 0.1) is 27.6 Å². The molecule has 8 rings (SSSR count). The van der Waals surface area contributed by atoms with Crippen LogP contribution in [-0.4, -0.2) is 39.4 Å². The number of nitrogens with zero attached hydrogens (tertiary/aromatic N) is 2. The number of ether oxygens (including phenoxy) is 2. The second-order valence-electron chi connectivity index (χ2n) is 10.0. The maximum absolute atomic E-state index is 13.3. The van der Waals surface area contributed by atoms with Crippen molar-refractivity contribution in [2.75, 3.05) is 7.11 Å². The maximum Gasteiger partial charge on any atom is 0.254 e. The van der Waals surface area contributed by atoms with Crippen LogP contribution in [0.1, 0.15) is 41.7 Å². The summed E-state index contributed by atoms with van der Waals surface area (Å²) in [6.45, 7) is 2.03. The normalized spacial score (nSPS) is 29.4. The molecule has 1 fully saturated rings. The number of fused-ring (bicyclic) bond motifs is 13. The van der Waals surface area contributed by atoms with Crippen LogP contribution >= 0.6 is 0 Å². The molecule has 8 nitrogen and oxygen atoms in total. The van der Waals surface area contributed by atoms with E-state index in [0.717, 1.165) is 43.6 Å². The van der Waals surface area contributed by atoms with E-state index < -0.39 is 18.1 Å². The van der Waals surface area contributed by atoms with E-state index in [1.54, 1.807) is 7.11 Å². The number of amides is 1. The fourth-order valence-corrected chi connectivity index (χ4v) is 7.16. The first kappa shape index (κ1) is 19.8. The fraction of sp³-hybridized carbons (Fsp3) is 0.296. The number of carbonyl (C=O) groups is 1. The smallest absolute Gasteiger partial charge is 0.254 e. The number of nitrogens with two attached hydrogens (primary N) is 1. The van der Waals surface area contributed by atoms with Gasteiger partial charge >= 0.3 is 0 Å². The molecule has 8 heteroatoms. The maximum atomic E-state index is 13.3. The molecule has 35 heavy (non-hydrogen) atoms. The molecular formula is C27H24N4O4. The topological polar surface area (TPSA) is 104 Å². The minimum Gasteiger partial charge on any atom is -0.375 e. The molecule has 1 amide bonds. The van der Waals surface area contributed by atoms with E-state index in [2.05, 4.69) is 26.6 Å². The molecule has 0 spiro atoms. The van der Waals surface area contributed by atoms with Gasteiger partial charge in [0.2, 0.25) is 0 Å². The van der Waals surface area contributed by atoms with Gasteiger partial charge in [-0.25, -0.2) is 0 Å². The summed E-state index contributed by atoms with van der Waals surface area (Å²) in [5.41, 5.74) is 10.8. The highest BCUT2D eigenvalue weighted by Gasteiger charge is 2.52. The van der Waals surface area contributed by atoms with Crippen LogP contribution in [0.3, 0.4) is 0 Å². The molecule has 5 heterocycles. The molecule has 4 N–H and O–H groups in total. The summed E-state index contributed by atoms with van der Waals surface area (Å²) < 4.78 is 17.3. The number of carbonyl (C=O) groups excluding carboxylic acids is 1. The molecule has 0 unspecified atom stereocenters. The second-order valence-corrected chi connectivity index (χ2v) is 10.0. The Kier molecular flexibility index (Phi) is 3.52. The van der Waals surface area contributed by atoms with E-state index in [-0.39, 0.29) is 18.2 Å². The van der Waals surface area contributed by atoms with Crippen molar-refractivity contribution < 1.29 is 19.4 Å². The number of aliphatic hydroxyl groups is 1. The van der Waals surface area contributed by atoms with Crippen molar-refractivity contribution in [3.63, 3.8) is 0 Å². The van der Waals surface area contributed by atoms with Crippen LogP contribution in [0.5, 0.6) is 0 Å². The highest BCUT2D eigenvalue weighted by atomic mass is 16.6. The summed E-state index contributed by atoms with van der Waals surface area (Å²) in [4.78, 5) is 13.3. The van der Waals surface area contributed by atoms with Gasteiger partial charge in [-0.1, -0.05) is 36.4 Å². The predicted molar refractivity (Wildman–Crippen MR) is 132 cm³/mol. The Balaban J connectivity index is 1.76. The van der Waals surface area contributed by atoms with Gasteiger partial charge in [0.1, 0.15) is 12.3 Å². The first-order valence-corrected chi connectivity index (χ1v) is 11.9. The molecule has 5 atom stereocenters. The first-order chi connectivity index (χ1) is 17.0. The number of rotatable bonds is 1. The van der Waals surface area contributed by atoms with E-state index in [0.29, 0.717) is 17.5 Å². The minimum atomic E-state index is -1.10. The molecular weight excluding hydrogens is 444 g/mol. The second kappa shape index (κ2) is 6.22. The van der Waals surface area contributed by atoms with Gasteiger partial charge in [-0.2, -0.15) is 0 Å². The van der Waals surface area contributed by atoms with Gasteiger partial charge in [0, 0.05) is 46.7 Å². The largest absolute Gasteiger partial charge is 0.375 e. The number of methoxy groups -OCH3 is 1. The van der Waals surface area contributed by atoms with E-state index in [1.165, 1.54) is 0 Å². The molecule has 1 saturated heterocycles. The third-order valence-corrected chi connectivity index (χ3v) is 8.32. The third-order valence-electron chi connectivity index (χ3n) is 8.32. The zero-order valence-electron chi connectivity index (χ0n) is 19.3. The van der Waals surface area contributed by atoms with Crippen LogP contribution in [0.4, 0.5) is 0 Å². The number of aliphatic hydroxyl groups excluding tert-OH is 1. The molecule has 0 saturated carbocycles. The number of hydrogen-bond donors (Lipinski definition) is 3. The summed E-state index contributed by atoms with van der Waals surface area (Å²) in [5, 5.41) is 17.5. The fourth-order valence-electron chi connectivity index (χ4n) is 7.16. The van der Waals surface area contributed by atoms with E-state index in [9.17, 15) is 9.90 Å². The van der Waals surface area contributed by atoms with Crippen LogP contribution < -0.4 is 11.1 Å². The van der Waals surface area contributed by atoms with Crippen LogP contribution in [-0.2, 0) is 15.2 Å². The van der Waals surface area contributed by atoms with Gasteiger partial charge in [0.25, 0.3) is 5.91 Å². The van der Waals surface area contributed by atoms with Crippen molar-refractivity contribution in [1.29, 1.82) is 0 Å². The molecule has 3 aromatic carbocycles. The van der Waals surface area contributed by atoms with Crippen LogP contribution in [0, 0.1) is 0 Å². The summed E-state index contributed by atoms with van der Waals surface area (Å²) in [7, 11) is 1.67. The number of nitrogens with one attached hydrogen (secondary N) is 1. The zero-order chi connectivity index (χ0) is 23.8. The van der Waals surface area contributed by atoms with Crippen LogP contribution in [0.2, 0.25) is 0 Å². The van der Waals surface area contributed by atoms with Crippen LogP contribution in [0.15, 0.2) is 48.5 Å². The molecule has 0 radical (unpaired) electrons. The Labute approximate surface area is 199 Å². The third kappa shape index (κ3) is 2.08. The predicted octanol–water partition coefficient (Wildman–Crippen LogP) is 3.58. The van der Waals surface area contributed by atoms with Crippen LogP contribution in [0.25, 0.3) is 43.6 Å². The average molecular weight is 469 g/mol. The van der Waals surface area contributed by atoms with E-state index in [1.807, 2.05) is 43.3 Å². The lowest BCUT2D eigenvalue weighted by molar-refractivity contribution is -0.252. The monoisotopic (exact) mass is 468 g/mol. The Bertz CT molecular complexity index is 1770. The first-order valence-electron chi connectivity index (χ1n) is 11.9. The molecule has 2 aromatic heterocycles. The van der Waals surface area contributed by atoms with Gasteiger partial charge in [-0.15, -0.1) is 0 Å². The number of hydrogen-bond acceptors (Lipinski definition) is 5. The molecule has 176 valence electrons. The van der Waals surface area contributed by atoms with Crippen molar-refractivity contribution in [2.45, 2.75) is 43.7 Å². The summed E-state index contributed by atoms with van der Waals surface area (Å²) in [6.07, 6.45) is -1.28. The van der Waals surface area contributed by atoms with Crippen molar-refractivity contribution in [1.82, 2.24) is 14.5 Å². The van der Waals surface area contributed by atoms with Gasteiger partial charge in [0.15, 0.2) is 12.0 Å². The molecule has 5 aromatic rings. The number of para-hydroxylation sites is 2. The lowest BCUT2D eigenvalue weighted by Crippen LogP contribution is -2.59. The lowest BCUT2D eigenvalue weighted by atomic mass is 9.93. The average Bonchev–Trinajstić information content (AvgIpc) is 3.44.